The molecule has 0 bridgehead atoms. The van der Waals surface area contributed by atoms with Gasteiger partial charge in [-0.25, -0.2) is 0 Å². The molecular weight excluding hydrogens is 572 g/mol. The Balaban J connectivity index is 1.62. The van der Waals surface area contributed by atoms with Crippen LogP contribution in [0.25, 0.3) is 0 Å². The molecule has 0 radical (unpaired) electrons. The van der Waals surface area contributed by atoms with Crippen LogP contribution in [0.5, 0.6) is 0 Å². The summed E-state index contributed by atoms with van der Waals surface area (Å²) in [4.78, 5) is 70.0. The SMILES string of the molecule is CC(NC(=O)C(NC(=O)c1cccc(N2CCN(C)CC2)c1)C(C)(C)C)C(=O)NC(C(=O)C(=O)NCc1ccccc1)C(C)C. The highest BCUT2D eigenvalue weighted by Crippen LogP contribution is 2.22. The van der Waals surface area contributed by atoms with Crippen LogP contribution in [0.1, 0.15) is 57.5 Å². The van der Waals surface area contributed by atoms with Gasteiger partial charge >= 0.3 is 0 Å². The first kappa shape index (κ1) is 35.2. The molecule has 1 fully saturated rings. The van der Waals surface area contributed by atoms with Gasteiger partial charge in [-0.1, -0.05) is 71.0 Å². The third-order valence-corrected chi connectivity index (χ3v) is 7.90. The van der Waals surface area contributed by atoms with Crippen molar-refractivity contribution in [2.75, 3.05) is 38.1 Å². The molecule has 1 aliphatic rings. The Labute approximate surface area is 266 Å². The maximum Gasteiger partial charge on any atom is 0.289 e. The second-order valence-electron chi connectivity index (χ2n) is 13.1. The summed E-state index contributed by atoms with van der Waals surface area (Å²) in [6.07, 6.45) is 0. The fraction of sp³-hybridized carbons (Fsp3) is 0.500. The van der Waals surface area contributed by atoms with Crippen molar-refractivity contribution in [3.8, 4) is 0 Å². The Hall–Kier alpha value is -4.25. The number of rotatable bonds is 12. The van der Waals surface area contributed by atoms with Crippen LogP contribution in [0, 0.1) is 11.3 Å². The van der Waals surface area contributed by atoms with Crippen molar-refractivity contribution in [1.82, 2.24) is 26.2 Å². The summed E-state index contributed by atoms with van der Waals surface area (Å²) < 4.78 is 0. The van der Waals surface area contributed by atoms with E-state index >= 15 is 0 Å². The van der Waals surface area contributed by atoms with Gasteiger partial charge in [-0.05, 0) is 49.1 Å². The quantitative estimate of drug-likeness (QED) is 0.267. The lowest BCUT2D eigenvalue weighted by Crippen LogP contribution is -2.59. The van der Waals surface area contributed by atoms with E-state index in [0.717, 1.165) is 37.4 Å². The number of ketones is 1. The number of carbonyl (C=O) groups excluding carboxylic acids is 5. The zero-order valence-electron chi connectivity index (χ0n) is 27.5. The first-order valence-corrected chi connectivity index (χ1v) is 15.5. The molecule has 1 saturated heterocycles. The fourth-order valence-electron chi connectivity index (χ4n) is 4.98. The lowest BCUT2D eigenvalue weighted by molar-refractivity contribution is -0.141. The summed E-state index contributed by atoms with van der Waals surface area (Å²) in [7, 11) is 2.08. The largest absolute Gasteiger partial charge is 0.369 e. The fourth-order valence-corrected chi connectivity index (χ4v) is 4.98. The number of nitrogens with one attached hydrogen (secondary N) is 4. The van der Waals surface area contributed by atoms with Crippen LogP contribution in [0.3, 0.4) is 0 Å². The van der Waals surface area contributed by atoms with E-state index < -0.39 is 53.0 Å². The average Bonchev–Trinajstić information content (AvgIpc) is 3.00. The number of piperazine rings is 1. The van der Waals surface area contributed by atoms with Crippen molar-refractivity contribution in [3.05, 3.63) is 65.7 Å². The summed E-state index contributed by atoms with van der Waals surface area (Å²) in [5, 5.41) is 10.8. The van der Waals surface area contributed by atoms with Crippen LogP contribution in [0.15, 0.2) is 54.6 Å². The third kappa shape index (κ3) is 10.1. The number of hydrogen-bond acceptors (Lipinski definition) is 7. The molecule has 0 aliphatic carbocycles. The average molecular weight is 621 g/mol. The molecule has 244 valence electrons. The number of hydrogen-bond donors (Lipinski definition) is 4. The van der Waals surface area contributed by atoms with Crippen LogP contribution in [-0.2, 0) is 25.7 Å². The standard InChI is InChI=1S/C34H48N6O5/c1-22(2)27(28(41)32(44)35-21-24-12-9-8-10-13-24)37-30(42)23(3)36-33(45)29(34(4,5)6)38-31(43)25-14-11-15-26(20-25)40-18-16-39(7)17-19-40/h8-15,20,22-23,27,29H,16-19,21H2,1-7H3,(H,35,44)(H,36,45)(H,37,42)(H,38,43). The van der Waals surface area contributed by atoms with Gasteiger partial charge in [0, 0.05) is 44.0 Å². The molecule has 11 nitrogen and oxygen atoms in total. The molecule has 0 saturated carbocycles. The van der Waals surface area contributed by atoms with Gasteiger partial charge in [0.2, 0.25) is 17.6 Å². The zero-order chi connectivity index (χ0) is 33.3. The number of Topliss-reactive ketones (excluding diaryl/α,β-unsaturated/α-hetero) is 1. The van der Waals surface area contributed by atoms with Gasteiger partial charge in [-0.3, -0.25) is 24.0 Å². The minimum atomic E-state index is -1.08. The lowest BCUT2D eigenvalue weighted by Gasteiger charge is -2.34. The summed E-state index contributed by atoms with van der Waals surface area (Å²) in [5.74, 6) is -3.51. The summed E-state index contributed by atoms with van der Waals surface area (Å²) in [6, 6.07) is 13.4. The summed E-state index contributed by atoms with van der Waals surface area (Å²) >= 11 is 0. The smallest absolute Gasteiger partial charge is 0.289 e. The molecule has 3 rings (SSSR count). The number of benzene rings is 2. The third-order valence-electron chi connectivity index (χ3n) is 7.90. The van der Waals surface area contributed by atoms with Gasteiger partial charge in [0.05, 0.1) is 6.04 Å². The first-order chi connectivity index (χ1) is 21.2. The van der Waals surface area contributed by atoms with E-state index in [2.05, 4.69) is 38.1 Å². The topological polar surface area (TPSA) is 140 Å². The maximum atomic E-state index is 13.4. The summed E-state index contributed by atoms with van der Waals surface area (Å²) in [5.41, 5.74) is 1.53. The van der Waals surface area contributed by atoms with Crippen LogP contribution in [-0.4, -0.2) is 85.7 Å². The van der Waals surface area contributed by atoms with E-state index in [1.807, 2.05) is 69.3 Å². The molecule has 3 unspecified atom stereocenters. The van der Waals surface area contributed by atoms with Gasteiger partial charge in [0.15, 0.2) is 0 Å². The predicted octanol–water partition coefficient (Wildman–Crippen LogP) is 2.11. The van der Waals surface area contributed by atoms with Crippen LogP contribution in [0.2, 0.25) is 0 Å². The molecule has 4 N–H and O–H groups in total. The number of likely N-dealkylation sites (N-methyl/N-ethyl adjacent to an activating group) is 1. The Kier molecular flexibility index (Phi) is 12.3. The predicted molar refractivity (Wildman–Crippen MR) is 175 cm³/mol. The molecule has 45 heavy (non-hydrogen) atoms. The summed E-state index contributed by atoms with van der Waals surface area (Å²) in [6.45, 7) is 14.2. The second kappa shape index (κ2) is 15.7. The number of nitrogens with zero attached hydrogens (tertiary/aromatic N) is 2. The van der Waals surface area contributed by atoms with Crippen molar-refractivity contribution in [3.63, 3.8) is 0 Å². The Bertz CT molecular complexity index is 1350. The highest BCUT2D eigenvalue weighted by Gasteiger charge is 2.36. The highest BCUT2D eigenvalue weighted by atomic mass is 16.2. The molecule has 2 aromatic rings. The molecule has 1 aliphatic heterocycles. The van der Waals surface area contributed by atoms with Gasteiger partial charge in [-0.15, -0.1) is 0 Å². The zero-order valence-corrected chi connectivity index (χ0v) is 27.5. The molecule has 2 aromatic carbocycles. The molecule has 11 heteroatoms. The van der Waals surface area contributed by atoms with Crippen LogP contribution in [0.4, 0.5) is 5.69 Å². The van der Waals surface area contributed by atoms with Crippen molar-refractivity contribution in [2.45, 2.75) is 66.2 Å². The van der Waals surface area contributed by atoms with Gasteiger partial charge in [-0.2, -0.15) is 0 Å². The van der Waals surface area contributed by atoms with E-state index in [0.29, 0.717) is 5.56 Å². The molecule has 1 heterocycles. The lowest BCUT2D eigenvalue weighted by atomic mass is 9.85. The number of carbonyl (C=O) groups is 5. The molecule has 3 atom stereocenters. The number of anilines is 1. The van der Waals surface area contributed by atoms with E-state index in [4.69, 9.17) is 0 Å². The maximum absolute atomic E-state index is 13.4. The van der Waals surface area contributed by atoms with Gasteiger partial charge in [0.1, 0.15) is 12.1 Å². The van der Waals surface area contributed by atoms with Crippen molar-refractivity contribution in [2.24, 2.45) is 11.3 Å². The van der Waals surface area contributed by atoms with E-state index in [1.54, 1.807) is 19.9 Å². The normalized spacial score (nSPS) is 15.9. The van der Waals surface area contributed by atoms with Crippen LogP contribution >= 0.6 is 0 Å². The Morgan fingerprint density at radius 1 is 0.800 bits per heavy atom. The monoisotopic (exact) mass is 620 g/mol. The first-order valence-electron chi connectivity index (χ1n) is 15.5. The Morgan fingerprint density at radius 2 is 1.44 bits per heavy atom. The molecule has 4 amide bonds. The molecular formula is C34H48N6O5. The number of amides is 4. The minimum Gasteiger partial charge on any atom is -0.369 e. The van der Waals surface area contributed by atoms with E-state index in [-0.39, 0.29) is 12.5 Å². The molecule has 0 aromatic heterocycles. The Morgan fingerprint density at radius 3 is 2.04 bits per heavy atom. The van der Waals surface area contributed by atoms with Crippen molar-refractivity contribution in [1.29, 1.82) is 0 Å². The second-order valence-corrected chi connectivity index (χ2v) is 13.1. The van der Waals surface area contributed by atoms with Crippen LogP contribution < -0.4 is 26.2 Å². The van der Waals surface area contributed by atoms with Crippen molar-refractivity contribution >= 4 is 35.1 Å². The minimum absolute atomic E-state index is 0.177. The van der Waals surface area contributed by atoms with Crippen molar-refractivity contribution < 1.29 is 24.0 Å². The van der Waals surface area contributed by atoms with Gasteiger partial charge in [0.25, 0.3) is 11.8 Å². The molecule has 0 spiro atoms. The van der Waals surface area contributed by atoms with E-state index in [1.165, 1.54) is 6.92 Å². The van der Waals surface area contributed by atoms with Gasteiger partial charge < -0.3 is 31.1 Å². The highest BCUT2D eigenvalue weighted by molar-refractivity contribution is 6.38. The van der Waals surface area contributed by atoms with E-state index in [9.17, 15) is 24.0 Å².